The summed E-state index contributed by atoms with van der Waals surface area (Å²) in [6.07, 6.45) is 3.14. The van der Waals surface area contributed by atoms with Gasteiger partial charge in [0.1, 0.15) is 0 Å². The highest BCUT2D eigenvalue weighted by Crippen LogP contribution is 2.46. The molecule has 0 saturated heterocycles. The summed E-state index contributed by atoms with van der Waals surface area (Å²) in [4.78, 5) is 11.0. The first kappa shape index (κ1) is 13.9. The lowest BCUT2D eigenvalue weighted by Crippen LogP contribution is -2.15. The van der Waals surface area contributed by atoms with Gasteiger partial charge in [-0.15, -0.1) is 0 Å². The smallest absolute Gasteiger partial charge is 0.303 e. The molecular formula is C13H17NO4S. The Hall–Kier alpha value is -1.56. The van der Waals surface area contributed by atoms with Crippen LogP contribution in [0.5, 0.6) is 0 Å². The predicted molar refractivity (Wildman–Crippen MR) is 72.6 cm³/mol. The van der Waals surface area contributed by atoms with Crippen LogP contribution < -0.4 is 4.72 Å². The number of hydrogen-bond acceptors (Lipinski definition) is 3. The predicted octanol–water partition coefficient (Wildman–Crippen LogP) is 2.03. The number of benzene rings is 1. The van der Waals surface area contributed by atoms with Gasteiger partial charge in [-0.1, -0.05) is 18.2 Å². The van der Waals surface area contributed by atoms with Crippen molar-refractivity contribution in [2.24, 2.45) is 5.92 Å². The highest BCUT2D eigenvalue weighted by atomic mass is 32.2. The number of carboxylic acids is 1. The number of hydrogen-bond donors (Lipinski definition) is 2. The highest BCUT2D eigenvalue weighted by Gasteiger charge is 2.35. The van der Waals surface area contributed by atoms with Gasteiger partial charge < -0.3 is 5.11 Å². The summed E-state index contributed by atoms with van der Waals surface area (Å²) >= 11 is 0. The van der Waals surface area contributed by atoms with E-state index in [1.807, 2.05) is 0 Å². The second-order valence-electron chi connectivity index (χ2n) is 5.00. The molecular weight excluding hydrogens is 266 g/mol. The summed E-state index contributed by atoms with van der Waals surface area (Å²) in [5.41, 5.74) is 1.26. The van der Waals surface area contributed by atoms with Crippen LogP contribution in [-0.2, 0) is 14.8 Å². The molecule has 1 saturated carbocycles. The second kappa shape index (κ2) is 5.21. The molecule has 1 atom stereocenters. The van der Waals surface area contributed by atoms with Crippen LogP contribution in [0.2, 0.25) is 0 Å². The largest absolute Gasteiger partial charge is 0.481 e. The van der Waals surface area contributed by atoms with Gasteiger partial charge in [0.2, 0.25) is 10.0 Å². The molecule has 2 N–H and O–H groups in total. The molecule has 0 radical (unpaired) electrons. The quantitative estimate of drug-likeness (QED) is 0.836. The van der Waals surface area contributed by atoms with Crippen molar-refractivity contribution in [1.29, 1.82) is 0 Å². The van der Waals surface area contributed by atoms with Gasteiger partial charge in [0.05, 0.1) is 18.4 Å². The Labute approximate surface area is 112 Å². The molecule has 5 nitrogen and oxygen atoms in total. The van der Waals surface area contributed by atoms with Crippen LogP contribution in [0.4, 0.5) is 5.69 Å². The van der Waals surface area contributed by atoms with Crippen molar-refractivity contribution in [3.05, 3.63) is 29.8 Å². The van der Waals surface area contributed by atoms with E-state index in [0.717, 1.165) is 24.7 Å². The van der Waals surface area contributed by atoms with Crippen molar-refractivity contribution >= 4 is 21.7 Å². The van der Waals surface area contributed by atoms with Gasteiger partial charge in [-0.3, -0.25) is 9.52 Å². The summed E-state index contributed by atoms with van der Waals surface area (Å²) in [5.74, 6) is -0.632. The minimum Gasteiger partial charge on any atom is -0.481 e. The summed E-state index contributed by atoms with van der Waals surface area (Å²) in [6, 6.07) is 7.02. The van der Waals surface area contributed by atoms with Gasteiger partial charge >= 0.3 is 5.97 Å². The lowest BCUT2D eigenvalue weighted by molar-refractivity contribution is -0.137. The Kier molecular flexibility index (Phi) is 3.80. The molecule has 0 bridgehead atoms. The van der Waals surface area contributed by atoms with Crippen molar-refractivity contribution in [1.82, 2.24) is 0 Å². The summed E-state index contributed by atoms with van der Waals surface area (Å²) in [7, 11) is -3.36. The first-order valence-corrected chi connectivity index (χ1v) is 8.04. The van der Waals surface area contributed by atoms with E-state index in [9.17, 15) is 13.2 Å². The summed E-state index contributed by atoms with van der Waals surface area (Å²) in [5, 5.41) is 9.01. The van der Waals surface area contributed by atoms with Gasteiger partial charge in [-0.05, 0) is 36.3 Å². The van der Waals surface area contributed by atoms with Crippen molar-refractivity contribution in [2.45, 2.75) is 25.2 Å². The molecule has 1 aromatic rings. The third-order valence-corrected chi connectivity index (χ3v) is 3.83. The molecule has 0 amide bonds. The van der Waals surface area contributed by atoms with Gasteiger partial charge in [-0.25, -0.2) is 8.42 Å². The number of sulfonamides is 1. The van der Waals surface area contributed by atoms with Crippen LogP contribution in [0, 0.1) is 5.92 Å². The zero-order chi connectivity index (χ0) is 14.0. The zero-order valence-corrected chi connectivity index (χ0v) is 11.5. The van der Waals surface area contributed by atoms with E-state index in [2.05, 4.69) is 4.72 Å². The van der Waals surface area contributed by atoms with E-state index >= 15 is 0 Å². The van der Waals surface area contributed by atoms with Gasteiger partial charge in [0.15, 0.2) is 0 Å². The summed E-state index contributed by atoms with van der Waals surface area (Å²) in [6.45, 7) is 0. The Morgan fingerprint density at radius 2 is 2.05 bits per heavy atom. The number of aliphatic carboxylic acids is 1. The molecule has 0 aliphatic heterocycles. The van der Waals surface area contributed by atoms with Crippen molar-refractivity contribution < 1.29 is 18.3 Å². The maximum absolute atomic E-state index is 11.4. The molecule has 0 spiro atoms. The average molecular weight is 283 g/mol. The zero-order valence-electron chi connectivity index (χ0n) is 10.7. The minimum absolute atomic E-state index is 0.0348. The van der Waals surface area contributed by atoms with E-state index < -0.39 is 16.0 Å². The van der Waals surface area contributed by atoms with Crippen LogP contribution in [0.25, 0.3) is 0 Å². The molecule has 1 aliphatic rings. The number of anilines is 1. The van der Waals surface area contributed by atoms with Gasteiger partial charge in [-0.2, -0.15) is 0 Å². The van der Waals surface area contributed by atoms with Gasteiger partial charge in [0, 0.05) is 0 Å². The lowest BCUT2D eigenvalue weighted by Gasteiger charge is -2.18. The lowest BCUT2D eigenvalue weighted by atomic mass is 9.90. The fourth-order valence-electron chi connectivity index (χ4n) is 2.33. The molecule has 104 valence electrons. The molecule has 1 fully saturated rings. The van der Waals surface area contributed by atoms with Crippen LogP contribution in [-0.4, -0.2) is 25.7 Å². The fourth-order valence-corrected chi connectivity index (χ4v) is 2.92. The number of carboxylic acid groups (broad SMARTS) is 1. The molecule has 2 rings (SSSR count). The maximum Gasteiger partial charge on any atom is 0.303 e. The Balaban J connectivity index is 2.33. The Bertz CT molecular complexity index is 578. The SMILES string of the molecule is CS(=O)(=O)Nc1ccccc1C(CC(=O)O)C1CC1. The summed E-state index contributed by atoms with van der Waals surface area (Å²) < 4.78 is 25.2. The second-order valence-corrected chi connectivity index (χ2v) is 6.75. The first-order valence-electron chi connectivity index (χ1n) is 6.15. The van der Waals surface area contributed by atoms with Crippen molar-refractivity contribution in [2.75, 3.05) is 11.0 Å². The molecule has 0 heterocycles. The van der Waals surface area contributed by atoms with Crippen LogP contribution in [0.3, 0.4) is 0 Å². The minimum atomic E-state index is -3.36. The van der Waals surface area contributed by atoms with Crippen LogP contribution >= 0.6 is 0 Å². The van der Waals surface area contributed by atoms with Crippen molar-refractivity contribution in [3.63, 3.8) is 0 Å². The van der Waals surface area contributed by atoms with Gasteiger partial charge in [0.25, 0.3) is 0 Å². The first-order chi connectivity index (χ1) is 8.87. The average Bonchev–Trinajstić information content (AvgIpc) is 3.08. The topological polar surface area (TPSA) is 83.5 Å². The number of nitrogens with one attached hydrogen (secondary N) is 1. The van der Waals surface area contributed by atoms with E-state index in [4.69, 9.17) is 5.11 Å². The Morgan fingerprint density at radius 3 is 2.58 bits per heavy atom. The monoisotopic (exact) mass is 283 g/mol. The number of rotatable bonds is 6. The molecule has 6 heteroatoms. The van der Waals surface area contributed by atoms with E-state index in [-0.39, 0.29) is 12.3 Å². The molecule has 0 aromatic heterocycles. The fraction of sp³-hybridized carbons (Fsp3) is 0.462. The standard InChI is InChI=1S/C13H17NO4S/c1-19(17,18)14-12-5-3-2-4-10(12)11(8-13(15)16)9-6-7-9/h2-5,9,11,14H,6-8H2,1H3,(H,15,16). The molecule has 1 aromatic carbocycles. The Morgan fingerprint density at radius 1 is 1.42 bits per heavy atom. The van der Waals surface area contributed by atoms with E-state index in [1.165, 1.54) is 0 Å². The maximum atomic E-state index is 11.4. The third-order valence-electron chi connectivity index (χ3n) is 3.24. The van der Waals surface area contributed by atoms with Crippen molar-refractivity contribution in [3.8, 4) is 0 Å². The third kappa shape index (κ3) is 3.96. The number of carbonyl (C=O) groups is 1. The van der Waals surface area contributed by atoms with Crippen LogP contribution in [0.15, 0.2) is 24.3 Å². The highest BCUT2D eigenvalue weighted by molar-refractivity contribution is 7.92. The van der Waals surface area contributed by atoms with Crippen LogP contribution in [0.1, 0.15) is 30.7 Å². The number of para-hydroxylation sites is 1. The normalized spacial score (nSPS) is 16.9. The molecule has 1 unspecified atom stereocenters. The molecule has 1 aliphatic carbocycles. The molecule has 19 heavy (non-hydrogen) atoms. The van der Waals surface area contributed by atoms with E-state index in [0.29, 0.717) is 11.6 Å². The van der Waals surface area contributed by atoms with E-state index in [1.54, 1.807) is 24.3 Å².